The first kappa shape index (κ1) is 16.4. The third-order valence-electron chi connectivity index (χ3n) is 3.34. The highest BCUT2D eigenvalue weighted by Gasteiger charge is 2.09. The molecule has 3 aromatic rings. The van der Waals surface area contributed by atoms with Crippen molar-refractivity contribution in [1.82, 2.24) is 5.43 Å². The number of para-hydroxylation sites is 1. The monoisotopic (exact) mass is 334 g/mol. The molecule has 0 saturated carbocycles. The summed E-state index contributed by atoms with van der Waals surface area (Å²) in [6, 6.07) is 22.4. The Hall–Kier alpha value is -3.47. The molecule has 1 N–H and O–H groups in total. The van der Waals surface area contributed by atoms with E-state index in [1.807, 2.05) is 48.5 Å². The summed E-state index contributed by atoms with van der Waals surface area (Å²) in [6.45, 7) is 0. The van der Waals surface area contributed by atoms with Crippen molar-refractivity contribution in [2.45, 2.75) is 0 Å². The lowest BCUT2D eigenvalue weighted by Crippen LogP contribution is -2.18. The SMILES string of the molecule is O=C(N/N=C\c1cccc(Oc2ccccc2)c1)c1ccccc1F. The Morgan fingerprint density at radius 3 is 2.44 bits per heavy atom. The van der Waals surface area contributed by atoms with E-state index in [0.717, 1.165) is 11.3 Å². The predicted octanol–water partition coefficient (Wildman–Crippen LogP) is 4.38. The molecule has 0 atom stereocenters. The van der Waals surface area contributed by atoms with Crippen molar-refractivity contribution in [2.24, 2.45) is 5.10 Å². The summed E-state index contributed by atoms with van der Waals surface area (Å²) in [5.41, 5.74) is 2.99. The second-order valence-electron chi connectivity index (χ2n) is 5.17. The number of ether oxygens (including phenoxy) is 1. The van der Waals surface area contributed by atoms with E-state index in [9.17, 15) is 9.18 Å². The summed E-state index contributed by atoms with van der Waals surface area (Å²) >= 11 is 0. The maximum Gasteiger partial charge on any atom is 0.274 e. The number of benzene rings is 3. The molecule has 0 aromatic heterocycles. The number of rotatable bonds is 5. The summed E-state index contributed by atoms with van der Waals surface area (Å²) in [5.74, 6) is 0.180. The van der Waals surface area contributed by atoms with Gasteiger partial charge in [0.2, 0.25) is 0 Å². The smallest absolute Gasteiger partial charge is 0.274 e. The van der Waals surface area contributed by atoms with E-state index in [1.54, 1.807) is 12.1 Å². The van der Waals surface area contributed by atoms with Gasteiger partial charge in [0, 0.05) is 0 Å². The number of nitrogens with one attached hydrogen (secondary N) is 1. The largest absolute Gasteiger partial charge is 0.457 e. The van der Waals surface area contributed by atoms with E-state index >= 15 is 0 Å². The summed E-state index contributed by atoms with van der Waals surface area (Å²) in [6.07, 6.45) is 1.47. The van der Waals surface area contributed by atoms with Crippen LogP contribution < -0.4 is 10.2 Å². The van der Waals surface area contributed by atoms with Crippen LogP contribution in [-0.4, -0.2) is 12.1 Å². The second-order valence-corrected chi connectivity index (χ2v) is 5.17. The molecule has 0 aliphatic rings. The van der Waals surface area contributed by atoms with Gasteiger partial charge in [-0.05, 0) is 42.0 Å². The van der Waals surface area contributed by atoms with E-state index in [1.165, 1.54) is 24.4 Å². The zero-order valence-corrected chi connectivity index (χ0v) is 13.2. The highest BCUT2D eigenvalue weighted by Crippen LogP contribution is 2.21. The molecule has 0 saturated heterocycles. The number of amides is 1. The van der Waals surface area contributed by atoms with Crippen molar-refractivity contribution in [3.8, 4) is 11.5 Å². The Labute approximate surface area is 144 Å². The Morgan fingerprint density at radius 2 is 1.64 bits per heavy atom. The van der Waals surface area contributed by atoms with Crippen molar-refractivity contribution in [2.75, 3.05) is 0 Å². The summed E-state index contributed by atoms with van der Waals surface area (Å²) in [4.78, 5) is 11.9. The first-order valence-corrected chi connectivity index (χ1v) is 7.63. The van der Waals surface area contributed by atoms with Crippen molar-refractivity contribution in [3.63, 3.8) is 0 Å². The third kappa shape index (κ3) is 4.51. The molecule has 3 rings (SSSR count). The van der Waals surface area contributed by atoms with Crippen LogP contribution in [0.4, 0.5) is 4.39 Å². The molecular formula is C20H15FN2O2. The fraction of sp³-hybridized carbons (Fsp3) is 0. The fourth-order valence-corrected chi connectivity index (χ4v) is 2.15. The molecule has 0 aliphatic carbocycles. The van der Waals surface area contributed by atoms with Crippen LogP contribution in [0.1, 0.15) is 15.9 Å². The van der Waals surface area contributed by atoms with E-state index in [0.29, 0.717) is 5.75 Å². The van der Waals surface area contributed by atoms with E-state index in [-0.39, 0.29) is 5.56 Å². The first-order valence-electron chi connectivity index (χ1n) is 7.63. The number of carbonyl (C=O) groups excluding carboxylic acids is 1. The Morgan fingerprint density at radius 1 is 0.920 bits per heavy atom. The lowest BCUT2D eigenvalue weighted by atomic mass is 10.2. The molecule has 0 heterocycles. The molecule has 25 heavy (non-hydrogen) atoms. The Kier molecular flexibility index (Phi) is 5.16. The van der Waals surface area contributed by atoms with Crippen LogP contribution in [0.3, 0.4) is 0 Å². The van der Waals surface area contributed by atoms with Crippen molar-refractivity contribution >= 4 is 12.1 Å². The summed E-state index contributed by atoms with van der Waals surface area (Å²) in [5, 5.41) is 3.86. The molecule has 0 aliphatic heterocycles. The molecule has 0 spiro atoms. The standard InChI is InChI=1S/C20H15FN2O2/c21-19-12-5-4-11-18(19)20(24)23-22-14-15-7-6-10-17(13-15)25-16-8-2-1-3-9-16/h1-14H,(H,23,24)/b22-14-. The Bertz CT molecular complexity index is 895. The quantitative estimate of drug-likeness (QED) is 0.556. The highest BCUT2D eigenvalue weighted by molar-refractivity contribution is 5.95. The van der Waals surface area contributed by atoms with Crippen LogP contribution in [0.5, 0.6) is 11.5 Å². The molecule has 1 amide bonds. The molecule has 0 radical (unpaired) electrons. The van der Waals surface area contributed by atoms with Crippen LogP contribution in [0, 0.1) is 5.82 Å². The van der Waals surface area contributed by atoms with Gasteiger partial charge in [0.25, 0.3) is 5.91 Å². The molecule has 3 aromatic carbocycles. The predicted molar refractivity (Wildman–Crippen MR) is 94.4 cm³/mol. The lowest BCUT2D eigenvalue weighted by Gasteiger charge is -2.05. The minimum atomic E-state index is -0.606. The first-order chi connectivity index (χ1) is 12.2. The van der Waals surface area contributed by atoms with Crippen molar-refractivity contribution in [1.29, 1.82) is 0 Å². The zero-order chi connectivity index (χ0) is 17.5. The normalized spacial score (nSPS) is 10.6. The van der Waals surface area contributed by atoms with Gasteiger partial charge in [-0.25, -0.2) is 9.82 Å². The summed E-state index contributed by atoms with van der Waals surface area (Å²) < 4.78 is 19.3. The Balaban J connectivity index is 1.65. The van der Waals surface area contributed by atoms with Gasteiger partial charge in [-0.15, -0.1) is 0 Å². The maximum absolute atomic E-state index is 13.5. The molecule has 0 bridgehead atoms. The highest BCUT2D eigenvalue weighted by atomic mass is 19.1. The fourth-order valence-electron chi connectivity index (χ4n) is 2.15. The van der Waals surface area contributed by atoms with Gasteiger partial charge >= 0.3 is 0 Å². The number of nitrogens with zero attached hydrogens (tertiary/aromatic N) is 1. The van der Waals surface area contributed by atoms with Crippen LogP contribution in [0.15, 0.2) is 84.0 Å². The number of hydrazone groups is 1. The average molecular weight is 334 g/mol. The molecule has 4 nitrogen and oxygen atoms in total. The van der Waals surface area contributed by atoms with Crippen LogP contribution >= 0.6 is 0 Å². The van der Waals surface area contributed by atoms with E-state index < -0.39 is 11.7 Å². The zero-order valence-electron chi connectivity index (χ0n) is 13.2. The summed E-state index contributed by atoms with van der Waals surface area (Å²) in [7, 11) is 0. The van der Waals surface area contributed by atoms with Crippen LogP contribution in [0.2, 0.25) is 0 Å². The number of halogens is 1. The van der Waals surface area contributed by atoms with Gasteiger partial charge in [0.05, 0.1) is 11.8 Å². The van der Waals surface area contributed by atoms with Crippen LogP contribution in [0.25, 0.3) is 0 Å². The van der Waals surface area contributed by atoms with Crippen LogP contribution in [-0.2, 0) is 0 Å². The molecule has 0 unspecified atom stereocenters. The molecule has 5 heteroatoms. The van der Waals surface area contributed by atoms with Gasteiger partial charge < -0.3 is 4.74 Å². The molecule has 0 fully saturated rings. The van der Waals surface area contributed by atoms with Gasteiger partial charge in [-0.2, -0.15) is 5.10 Å². The third-order valence-corrected chi connectivity index (χ3v) is 3.34. The number of hydrogen-bond donors (Lipinski definition) is 1. The molecular weight excluding hydrogens is 319 g/mol. The van der Waals surface area contributed by atoms with Crippen molar-refractivity contribution < 1.29 is 13.9 Å². The number of carbonyl (C=O) groups is 1. The minimum absolute atomic E-state index is 0.0548. The van der Waals surface area contributed by atoms with Gasteiger partial charge in [-0.1, -0.05) is 42.5 Å². The van der Waals surface area contributed by atoms with Gasteiger partial charge in [0.15, 0.2) is 0 Å². The van der Waals surface area contributed by atoms with E-state index in [4.69, 9.17) is 4.74 Å². The van der Waals surface area contributed by atoms with Crippen molar-refractivity contribution in [3.05, 3.63) is 95.8 Å². The molecule has 124 valence electrons. The van der Waals surface area contributed by atoms with Gasteiger partial charge in [-0.3, -0.25) is 4.79 Å². The topological polar surface area (TPSA) is 50.7 Å². The second kappa shape index (κ2) is 7.88. The lowest BCUT2D eigenvalue weighted by molar-refractivity contribution is 0.0951. The van der Waals surface area contributed by atoms with Gasteiger partial charge in [0.1, 0.15) is 17.3 Å². The minimum Gasteiger partial charge on any atom is -0.457 e. The number of hydrogen-bond acceptors (Lipinski definition) is 3. The average Bonchev–Trinajstić information content (AvgIpc) is 2.63. The van der Waals surface area contributed by atoms with E-state index in [2.05, 4.69) is 10.5 Å². The maximum atomic E-state index is 13.5.